The minimum Gasteiger partial charge on any atom is -0.378 e. The first-order chi connectivity index (χ1) is 14.2. The quantitative estimate of drug-likeness (QED) is 0.752. The molecule has 5 atom stereocenters. The number of aliphatic hydroxyl groups is 1. The Morgan fingerprint density at radius 3 is 2.03 bits per heavy atom. The lowest BCUT2D eigenvalue weighted by Crippen LogP contribution is -2.48. The van der Waals surface area contributed by atoms with Crippen LogP contribution in [0.5, 0.6) is 0 Å². The van der Waals surface area contributed by atoms with E-state index in [-0.39, 0.29) is 5.78 Å². The summed E-state index contributed by atoms with van der Waals surface area (Å²) in [5.41, 5.74) is 6.59. The number of carbonyl (C=O) groups is 1. The number of hydrogen-bond acceptors (Lipinski definition) is 4. The molecule has 0 amide bonds. The molecule has 156 valence electrons. The molecule has 2 fully saturated rings. The van der Waals surface area contributed by atoms with Crippen molar-refractivity contribution in [3.05, 3.63) is 58.2 Å². The van der Waals surface area contributed by atoms with Crippen LogP contribution >= 0.6 is 0 Å². The van der Waals surface area contributed by atoms with Crippen LogP contribution in [0.4, 0.5) is 0 Å². The molecule has 4 bridgehead atoms. The molecule has 0 radical (unpaired) electrons. The predicted molar refractivity (Wildman–Crippen MR) is 114 cm³/mol. The number of ketones is 1. The summed E-state index contributed by atoms with van der Waals surface area (Å²) in [6.07, 6.45) is 7.03. The lowest BCUT2D eigenvalue weighted by Gasteiger charge is -2.57. The van der Waals surface area contributed by atoms with E-state index >= 15 is 0 Å². The van der Waals surface area contributed by atoms with E-state index < -0.39 is 6.10 Å². The van der Waals surface area contributed by atoms with Crippen LogP contribution in [0.25, 0.3) is 0 Å². The summed E-state index contributed by atoms with van der Waals surface area (Å²) < 4.78 is 0. The van der Waals surface area contributed by atoms with Crippen LogP contribution in [-0.4, -0.2) is 20.9 Å². The van der Waals surface area contributed by atoms with Gasteiger partial charge in [0, 0.05) is 12.4 Å². The highest BCUT2D eigenvalue weighted by Gasteiger charge is 2.53. The molecule has 4 nitrogen and oxygen atoms in total. The van der Waals surface area contributed by atoms with Crippen molar-refractivity contribution in [1.29, 1.82) is 0 Å². The third-order valence-electron chi connectivity index (χ3n) is 9.48. The number of carbonyl (C=O) groups excluding carboxylic acids is 1. The zero-order valence-electron chi connectivity index (χ0n) is 18.3. The Morgan fingerprint density at radius 1 is 0.933 bits per heavy atom. The molecule has 2 aromatic heterocycles. The lowest BCUT2D eigenvalue weighted by atomic mass is 9.47. The van der Waals surface area contributed by atoms with Crippen molar-refractivity contribution in [3.8, 4) is 0 Å². The number of aromatic nitrogens is 2. The molecule has 0 aromatic carbocycles. The van der Waals surface area contributed by atoms with Gasteiger partial charge < -0.3 is 5.11 Å². The maximum Gasteiger partial charge on any atom is 0.215 e. The molecule has 2 heterocycles. The SMILES string of the molecule is CC1(C)[C@H]2Cc3cc(C(=O)C(O)c4cc5c(cn4)[C@@H]4C[C@H](C5)C4(C)C)ncc3[C@@H]1C2. The molecule has 6 aliphatic carbocycles. The molecule has 6 aliphatic rings. The zero-order valence-corrected chi connectivity index (χ0v) is 18.3. The Hall–Kier alpha value is -2.07. The molecule has 1 unspecified atom stereocenters. The first-order valence-electron chi connectivity index (χ1n) is 11.4. The van der Waals surface area contributed by atoms with Crippen molar-refractivity contribution in [2.75, 3.05) is 0 Å². The summed E-state index contributed by atoms with van der Waals surface area (Å²) in [4.78, 5) is 22.0. The molecule has 4 heteroatoms. The van der Waals surface area contributed by atoms with Gasteiger partial charge in [0.1, 0.15) is 5.69 Å². The van der Waals surface area contributed by atoms with Crippen LogP contribution in [0.1, 0.15) is 96.9 Å². The van der Waals surface area contributed by atoms with Gasteiger partial charge in [-0.25, -0.2) is 0 Å². The molecule has 0 aliphatic heterocycles. The lowest BCUT2D eigenvalue weighted by molar-refractivity contribution is 0.0179. The van der Waals surface area contributed by atoms with E-state index in [1.807, 2.05) is 24.5 Å². The summed E-state index contributed by atoms with van der Waals surface area (Å²) in [5, 5.41) is 10.8. The van der Waals surface area contributed by atoms with Crippen LogP contribution in [0.2, 0.25) is 0 Å². The largest absolute Gasteiger partial charge is 0.378 e. The Kier molecular flexibility index (Phi) is 3.60. The minimum atomic E-state index is -1.25. The normalized spacial score (nSPS) is 32.2. The number of Topliss-reactive ketones (excluding diaryl/α,β-unsaturated/α-hetero) is 1. The van der Waals surface area contributed by atoms with E-state index in [4.69, 9.17) is 0 Å². The molecule has 0 saturated heterocycles. The van der Waals surface area contributed by atoms with E-state index in [0.29, 0.717) is 45.9 Å². The van der Waals surface area contributed by atoms with Crippen molar-refractivity contribution < 1.29 is 9.90 Å². The van der Waals surface area contributed by atoms with Gasteiger partial charge in [-0.3, -0.25) is 14.8 Å². The Bertz CT molecular complexity index is 1090. The van der Waals surface area contributed by atoms with Gasteiger partial charge in [0.05, 0.1) is 5.69 Å². The number of aliphatic hydroxyl groups excluding tert-OH is 1. The summed E-state index contributed by atoms with van der Waals surface area (Å²) in [5.74, 6) is 2.13. The fourth-order valence-corrected chi connectivity index (χ4v) is 6.88. The molecule has 8 rings (SSSR count). The third kappa shape index (κ3) is 2.29. The van der Waals surface area contributed by atoms with Gasteiger partial charge in [-0.2, -0.15) is 0 Å². The van der Waals surface area contributed by atoms with Gasteiger partial charge in [-0.05, 0) is 94.6 Å². The van der Waals surface area contributed by atoms with Gasteiger partial charge >= 0.3 is 0 Å². The second kappa shape index (κ2) is 5.79. The molecule has 2 aromatic rings. The van der Waals surface area contributed by atoms with Crippen LogP contribution in [-0.2, 0) is 12.8 Å². The average molecular weight is 403 g/mol. The molecule has 30 heavy (non-hydrogen) atoms. The van der Waals surface area contributed by atoms with Gasteiger partial charge in [0.25, 0.3) is 0 Å². The molecular weight excluding hydrogens is 372 g/mol. The predicted octanol–water partition coefficient (Wildman–Crippen LogP) is 4.76. The highest BCUT2D eigenvalue weighted by Crippen LogP contribution is 2.63. The van der Waals surface area contributed by atoms with E-state index in [1.54, 1.807) is 0 Å². The fourth-order valence-electron chi connectivity index (χ4n) is 6.88. The highest BCUT2D eigenvalue weighted by atomic mass is 16.3. The monoisotopic (exact) mass is 402 g/mol. The van der Waals surface area contributed by atoms with Crippen molar-refractivity contribution in [1.82, 2.24) is 9.97 Å². The number of nitrogens with zero attached hydrogens (tertiary/aromatic N) is 2. The number of pyridine rings is 2. The van der Waals surface area contributed by atoms with Crippen molar-refractivity contribution in [3.63, 3.8) is 0 Å². The average Bonchev–Trinajstić information content (AvgIpc) is 2.75. The van der Waals surface area contributed by atoms with Crippen molar-refractivity contribution >= 4 is 5.78 Å². The fraction of sp³-hybridized carbons (Fsp3) is 0.577. The number of hydrogen-bond donors (Lipinski definition) is 1. The smallest absolute Gasteiger partial charge is 0.215 e. The summed E-state index contributed by atoms with van der Waals surface area (Å²) in [6.45, 7) is 9.36. The van der Waals surface area contributed by atoms with Crippen LogP contribution in [0.3, 0.4) is 0 Å². The van der Waals surface area contributed by atoms with Gasteiger partial charge in [-0.15, -0.1) is 0 Å². The Balaban J connectivity index is 1.27. The van der Waals surface area contributed by atoms with Crippen LogP contribution in [0, 0.1) is 22.7 Å². The molecule has 0 spiro atoms. The summed E-state index contributed by atoms with van der Waals surface area (Å²) in [7, 11) is 0. The topological polar surface area (TPSA) is 63.1 Å². The minimum absolute atomic E-state index is 0.335. The Labute approximate surface area is 178 Å². The van der Waals surface area contributed by atoms with Gasteiger partial charge in [0.15, 0.2) is 6.10 Å². The first-order valence-corrected chi connectivity index (χ1v) is 11.4. The van der Waals surface area contributed by atoms with E-state index in [0.717, 1.165) is 12.8 Å². The second-order valence-corrected chi connectivity index (χ2v) is 11.4. The van der Waals surface area contributed by atoms with Gasteiger partial charge in [-0.1, -0.05) is 27.7 Å². The molecular formula is C26H30N2O2. The summed E-state index contributed by atoms with van der Waals surface area (Å²) in [6, 6.07) is 3.88. The number of rotatable bonds is 3. The third-order valence-corrected chi connectivity index (χ3v) is 9.48. The van der Waals surface area contributed by atoms with Crippen molar-refractivity contribution in [2.45, 2.75) is 71.3 Å². The van der Waals surface area contributed by atoms with Gasteiger partial charge in [0.2, 0.25) is 5.78 Å². The molecule has 2 saturated carbocycles. The molecule has 1 N–H and O–H groups in total. The van der Waals surface area contributed by atoms with E-state index in [1.165, 1.54) is 35.1 Å². The second-order valence-electron chi connectivity index (χ2n) is 11.4. The van der Waals surface area contributed by atoms with E-state index in [2.05, 4.69) is 37.7 Å². The van der Waals surface area contributed by atoms with Crippen LogP contribution in [0.15, 0.2) is 24.5 Å². The maximum absolute atomic E-state index is 13.0. The van der Waals surface area contributed by atoms with E-state index in [9.17, 15) is 9.90 Å². The standard InChI is InChI=1S/C26H30N2O2/c1-25(2)15-5-13-7-21(27-11-17(13)19(25)9-15)23(29)24(30)22-8-14-6-16-10-20(26(16,3)4)18(14)12-28-22/h7-8,11-12,15-16,19-20,23,29H,5-6,9-10H2,1-4H3/t15-,16-,19-,20-,23?/m0/s1. The van der Waals surface area contributed by atoms with Crippen LogP contribution < -0.4 is 0 Å². The first kappa shape index (κ1) is 18.7. The Morgan fingerprint density at radius 2 is 1.47 bits per heavy atom. The highest BCUT2D eigenvalue weighted by molar-refractivity contribution is 5.98. The van der Waals surface area contributed by atoms with Crippen molar-refractivity contribution in [2.24, 2.45) is 22.7 Å². The summed E-state index contributed by atoms with van der Waals surface area (Å²) >= 11 is 0. The maximum atomic E-state index is 13.0. The zero-order chi connectivity index (χ0) is 21.0.